The minimum Gasteiger partial charge on any atom is -0.394 e. The molecule has 16 heavy (non-hydrogen) atoms. The van der Waals surface area contributed by atoms with Crippen LogP contribution < -0.4 is 5.32 Å². The molecule has 0 radical (unpaired) electrons. The van der Waals surface area contributed by atoms with Crippen LogP contribution >= 0.6 is 11.6 Å². The van der Waals surface area contributed by atoms with E-state index in [0.29, 0.717) is 11.7 Å². The van der Waals surface area contributed by atoms with Crippen molar-refractivity contribution < 1.29 is 5.11 Å². The quantitative estimate of drug-likeness (QED) is 0.779. The molecule has 0 saturated carbocycles. The maximum Gasteiger partial charge on any atom is 0.224 e. The van der Waals surface area contributed by atoms with Crippen molar-refractivity contribution in [3.8, 4) is 0 Å². The van der Waals surface area contributed by atoms with E-state index in [1.54, 1.807) is 0 Å². The molecular weight excluding hydrogens is 226 g/mol. The Morgan fingerprint density at radius 2 is 2.12 bits per heavy atom. The Hall–Kier alpha value is -0.870. The second kappa shape index (κ2) is 6.01. The van der Waals surface area contributed by atoms with Gasteiger partial charge in [-0.15, -0.1) is 0 Å². The molecule has 0 amide bonds. The van der Waals surface area contributed by atoms with Gasteiger partial charge in [0.05, 0.1) is 12.6 Å². The third-order valence-corrected chi connectivity index (χ3v) is 2.32. The van der Waals surface area contributed by atoms with Gasteiger partial charge in [-0.3, -0.25) is 0 Å². The van der Waals surface area contributed by atoms with Crippen molar-refractivity contribution in [2.75, 3.05) is 11.9 Å². The number of rotatable bonds is 5. The lowest BCUT2D eigenvalue weighted by Crippen LogP contribution is -2.26. The molecule has 0 bridgehead atoms. The Morgan fingerprint density at radius 3 is 2.62 bits per heavy atom. The van der Waals surface area contributed by atoms with Crippen LogP contribution in [0.15, 0.2) is 6.07 Å². The van der Waals surface area contributed by atoms with Gasteiger partial charge in [-0.2, -0.15) is 0 Å². The molecular formula is C11H18ClN3O. The summed E-state index contributed by atoms with van der Waals surface area (Å²) in [6, 6.07) is 1.82. The average molecular weight is 244 g/mol. The molecule has 1 aromatic rings. The van der Waals surface area contributed by atoms with E-state index in [1.165, 1.54) is 0 Å². The van der Waals surface area contributed by atoms with Crippen molar-refractivity contribution in [2.45, 2.75) is 33.2 Å². The van der Waals surface area contributed by atoms with Crippen molar-refractivity contribution in [3.05, 3.63) is 17.0 Å². The first-order valence-corrected chi connectivity index (χ1v) is 5.77. The summed E-state index contributed by atoms with van der Waals surface area (Å²) >= 11 is 5.76. The second-order valence-corrected chi connectivity index (χ2v) is 4.66. The predicted octanol–water partition coefficient (Wildman–Crippen LogP) is 2.26. The van der Waals surface area contributed by atoms with Crippen LogP contribution in [0, 0.1) is 12.8 Å². The standard InChI is InChI=1S/C11H18ClN3O/c1-7(2)4-9(6-16)14-10-5-8(3)13-11(12)15-10/h5,7,9,16H,4,6H2,1-3H3,(H,13,14,15). The summed E-state index contributed by atoms with van der Waals surface area (Å²) in [5.74, 6) is 1.18. The fourth-order valence-corrected chi connectivity index (χ4v) is 1.79. The van der Waals surface area contributed by atoms with Crippen molar-refractivity contribution in [1.29, 1.82) is 0 Å². The predicted molar refractivity (Wildman–Crippen MR) is 65.7 cm³/mol. The van der Waals surface area contributed by atoms with Gasteiger partial charge in [0.15, 0.2) is 0 Å². The molecule has 0 fully saturated rings. The van der Waals surface area contributed by atoms with Crippen LogP contribution in [-0.4, -0.2) is 27.7 Å². The van der Waals surface area contributed by atoms with Gasteiger partial charge in [0.1, 0.15) is 5.82 Å². The third kappa shape index (κ3) is 4.33. The SMILES string of the molecule is Cc1cc(NC(CO)CC(C)C)nc(Cl)n1. The van der Waals surface area contributed by atoms with Gasteiger partial charge in [0.25, 0.3) is 0 Å². The maximum atomic E-state index is 9.24. The summed E-state index contributed by atoms with van der Waals surface area (Å²) < 4.78 is 0. The first-order chi connectivity index (χ1) is 7.51. The number of anilines is 1. The van der Waals surface area contributed by atoms with Crippen molar-refractivity contribution >= 4 is 17.4 Å². The molecule has 90 valence electrons. The minimum atomic E-state index is 0.00497. The Bertz CT molecular complexity index is 324. The van der Waals surface area contributed by atoms with E-state index in [-0.39, 0.29) is 17.9 Å². The zero-order chi connectivity index (χ0) is 12.1. The Kier molecular flexibility index (Phi) is 4.96. The minimum absolute atomic E-state index is 0.00497. The lowest BCUT2D eigenvalue weighted by Gasteiger charge is -2.18. The molecule has 1 atom stereocenters. The van der Waals surface area contributed by atoms with E-state index in [2.05, 4.69) is 29.1 Å². The summed E-state index contributed by atoms with van der Waals surface area (Å²) in [6.07, 6.45) is 0.886. The van der Waals surface area contributed by atoms with E-state index < -0.39 is 0 Å². The van der Waals surface area contributed by atoms with E-state index in [1.807, 2.05) is 13.0 Å². The highest BCUT2D eigenvalue weighted by atomic mass is 35.5. The number of aliphatic hydroxyl groups excluding tert-OH is 1. The van der Waals surface area contributed by atoms with Crippen LogP contribution in [-0.2, 0) is 0 Å². The average Bonchev–Trinajstić information content (AvgIpc) is 2.14. The second-order valence-electron chi connectivity index (χ2n) is 4.32. The smallest absolute Gasteiger partial charge is 0.224 e. The van der Waals surface area contributed by atoms with Gasteiger partial charge in [0, 0.05) is 11.8 Å². The van der Waals surface area contributed by atoms with Gasteiger partial charge in [-0.05, 0) is 30.9 Å². The topological polar surface area (TPSA) is 58.0 Å². The fraction of sp³-hybridized carbons (Fsp3) is 0.636. The molecule has 0 aliphatic heterocycles. The van der Waals surface area contributed by atoms with E-state index >= 15 is 0 Å². The normalized spacial score (nSPS) is 12.9. The third-order valence-electron chi connectivity index (χ3n) is 2.16. The zero-order valence-corrected chi connectivity index (χ0v) is 10.6. The van der Waals surface area contributed by atoms with Gasteiger partial charge >= 0.3 is 0 Å². The molecule has 0 saturated heterocycles. The number of nitrogens with one attached hydrogen (secondary N) is 1. The van der Waals surface area contributed by atoms with Crippen LogP contribution in [0.3, 0.4) is 0 Å². The van der Waals surface area contributed by atoms with Crippen LogP contribution in [0.25, 0.3) is 0 Å². The summed E-state index contributed by atoms with van der Waals surface area (Å²) in [6.45, 7) is 6.17. The van der Waals surface area contributed by atoms with Crippen molar-refractivity contribution in [1.82, 2.24) is 9.97 Å². The molecule has 1 unspecified atom stereocenters. The molecule has 0 aliphatic carbocycles. The van der Waals surface area contributed by atoms with Crippen LogP contribution in [0.2, 0.25) is 5.28 Å². The zero-order valence-electron chi connectivity index (χ0n) is 9.87. The number of nitrogens with zero attached hydrogens (tertiary/aromatic N) is 2. The van der Waals surface area contributed by atoms with Gasteiger partial charge in [0.2, 0.25) is 5.28 Å². The number of hydrogen-bond acceptors (Lipinski definition) is 4. The van der Waals surface area contributed by atoms with Crippen LogP contribution in [0.4, 0.5) is 5.82 Å². The molecule has 0 aliphatic rings. The van der Waals surface area contributed by atoms with E-state index in [9.17, 15) is 5.11 Å². The monoisotopic (exact) mass is 243 g/mol. The Labute approximate surface area is 101 Å². The van der Waals surface area contributed by atoms with Crippen molar-refractivity contribution in [2.24, 2.45) is 5.92 Å². The summed E-state index contributed by atoms with van der Waals surface area (Å²) in [5.41, 5.74) is 0.809. The molecule has 1 rings (SSSR count). The highest BCUT2D eigenvalue weighted by Crippen LogP contribution is 2.13. The number of halogens is 1. The fourth-order valence-electron chi connectivity index (χ4n) is 1.56. The maximum absolute atomic E-state index is 9.24. The largest absolute Gasteiger partial charge is 0.394 e. The first kappa shape index (κ1) is 13.2. The van der Waals surface area contributed by atoms with Gasteiger partial charge in [-0.25, -0.2) is 9.97 Å². The first-order valence-electron chi connectivity index (χ1n) is 5.40. The molecule has 2 N–H and O–H groups in total. The number of hydrogen-bond donors (Lipinski definition) is 2. The highest BCUT2D eigenvalue weighted by molar-refractivity contribution is 6.28. The van der Waals surface area contributed by atoms with Crippen LogP contribution in [0.1, 0.15) is 26.0 Å². The molecule has 1 heterocycles. The van der Waals surface area contributed by atoms with Gasteiger partial charge in [-0.1, -0.05) is 13.8 Å². The number of aromatic nitrogens is 2. The van der Waals surface area contributed by atoms with E-state index in [4.69, 9.17) is 11.6 Å². The molecule has 1 aromatic heterocycles. The Balaban J connectivity index is 2.69. The lowest BCUT2D eigenvalue weighted by atomic mass is 10.0. The summed E-state index contributed by atoms with van der Waals surface area (Å²) in [4.78, 5) is 8.04. The number of aryl methyl sites for hydroxylation is 1. The molecule has 4 nitrogen and oxygen atoms in total. The summed E-state index contributed by atoms with van der Waals surface area (Å²) in [5, 5.41) is 12.6. The van der Waals surface area contributed by atoms with E-state index in [0.717, 1.165) is 12.1 Å². The summed E-state index contributed by atoms with van der Waals surface area (Å²) in [7, 11) is 0. The Morgan fingerprint density at radius 1 is 1.44 bits per heavy atom. The van der Waals surface area contributed by atoms with Gasteiger partial charge < -0.3 is 10.4 Å². The molecule has 5 heteroatoms. The van der Waals surface area contributed by atoms with Crippen LogP contribution in [0.5, 0.6) is 0 Å². The molecule has 0 aromatic carbocycles. The molecule has 0 spiro atoms. The van der Waals surface area contributed by atoms with Crippen molar-refractivity contribution in [3.63, 3.8) is 0 Å². The number of aliphatic hydroxyl groups is 1. The lowest BCUT2D eigenvalue weighted by molar-refractivity contribution is 0.259. The highest BCUT2D eigenvalue weighted by Gasteiger charge is 2.10.